The Morgan fingerprint density at radius 3 is 2.45 bits per heavy atom. The Morgan fingerprint density at radius 1 is 1.03 bits per heavy atom. The average molecular weight is 472 g/mol. The molecule has 1 fully saturated rings. The summed E-state index contributed by atoms with van der Waals surface area (Å²) in [5, 5.41) is 11.3. The van der Waals surface area contributed by atoms with Gasteiger partial charge in [-0.1, -0.05) is 65.9 Å². The Labute approximate surface area is 193 Å². The summed E-state index contributed by atoms with van der Waals surface area (Å²) in [7, 11) is 0. The molecule has 0 unspecified atom stereocenters. The Kier molecular flexibility index (Phi) is 6.13. The van der Waals surface area contributed by atoms with Gasteiger partial charge in [0.2, 0.25) is 0 Å². The summed E-state index contributed by atoms with van der Waals surface area (Å²) in [6.45, 7) is 0.502. The molecule has 0 aliphatic carbocycles. The summed E-state index contributed by atoms with van der Waals surface area (Å²) >= 11 is 12.4. The van der Waals surface area contributed by atoms with Gasteiger partial charge in [0.15, 0.2) is 0 Å². The molecule has 0 atom stereocenters. The van der Waals surface area contributed by atoms with E-state index in [1.165, 1.54) is 4.90 Å². The number of thioether (sulfide) groups is 1. The molecule has 0 spiro atoms. The topological polar surface area (TPSA) is 80.7 Å². The molecule has 2 aliphatic rings. The molecule has 2 aromatic rings. The number of carboxylic acids is 1. The van der Waals surface area contributed by atoms with Crippen LogP contribution in [0.15, 0.2) is 53.4 Å². The van der Waals surface area contributed by atoms with Gasteiger partial charge >= 0.3 is 0 Å². The first-order chi connectivity index (χ1) is 14.9. The van der Waals surface area contributed by atoms with Crippen molar-refractivity contribution in [1.82, 2.24) is 4.90 Å². The van der Waals surface area contributed by atoms with Crippen molar-refractivity contribution in [1.29, 1.82) is 0 Å². The number of benzene rings is 2. The summed E-state index contributed by atoms with van der Waals surface area (Å²) in [6.07, 6.45) is 0.0597. The van der Waals surface area contributed by atoms with Crippen LogP contribution in [0.3, 0.4) is 0 Å². The van der Waals surface area contributed by atoms with Gasteiger partial charge in [0.1, 0.15) is 4.32 Å². The molecular weight excluding hydrogens is 456 g/mol. The van der Waals surface area contributed by atoms with E-state index in [-0.39, 0.29) is 36.1 Å². The predicted octanol–water partition coefficient (Wildman–Crippen LogP) is 2.99. The second-order valence-electron chi connectivity index (χ2n) is 7.04. The first-order valence-electron chi connectivity index (χ1n) is 9.50. The van der Waals surface area contributed by atoms with Crippen LogP contribution in [0.2, 0.25) is 5.02 Å². The van der Waals surface area contributed by atoms with Crippen LogP contribution in [-0.2, 0) is 20.9 Å². The van der Waals surface area contributed by atoms with Gasteiger partial charge in [-0.15, -0.1) is 0 Å². The molecule has 0 saturated carbocycles. The van der Waals surface area contributed by atoms with E-state index in [4.69, 9.17) is 23.8 Å². The van der Waals surface area contributed by atoms with E-state index in [1.54, 1.807) is 17.0 Å². The lowest BCUT2D eigenvalue weighted by Crippen LogP contribution is -2.31. The van der Waals surface area contributed by atoms with Crippen LogP contribution >= 0.6 is 35.6 Å². The van der Waals surface area contributed by atoms with Gasteiger partial charge in [-0.25, -0.2) is 0 Å². The van der Waals surface area contributed by atoms with Gasteiger partial charge in [0.25, 0.3) is 11.8 Å². The summed E-state index contributed by atoms with van der Waals surface area (Å²) < 4.78 is 0.312. The molecule has 1 saturated heterocycles. The minimum Gasteiger partial charge on any atom is -0.550 e. The number of halogens is 1. The lowest BCUT2D eigenvalue weighted by molar-refractivity contribution is -0.305. The van der Waals surface area contributed by atoms with E-state index in [9.17, 15) is 19.5 Å². The number of hydrogen-bond acceptors (Lipinski definition) is 6. The molecule has 158 valence electrons. The number of carbonyl (C=O) groups is 3. The molecule has 2 amide bonds. The molecule has 0 bridgehead atoms. The highest BCUT2D eigenvalue weighted by Gasteiger charge is 2.41. The van der Waals surface area contributed by atoms with Crippen molar-refractivity contribution in [3.05, 3.63) is 69.6 Å². The second kappa shape index (κ2) is 8.82. The third-order valence-electron chi connectivity index (χ3n) is 5.02. The van der Waals surface area contributed by atoms with E-state index in [1.807, 2.05) is 36.4 Å². The number of thiocarbonyl (C=S) groups is 1. The average Bonchev–Trinajstić information content (AvgIpc) is 3.17. The number of hydrogen-bond donors (Lipinski definition) is 0. The fraction of sp³-hybridized carbons (Fsp3) is 0.182. The molecule has 31 heavy (non-hydrogen) atoms. The maximum atomic E-state index is 13.4. The quantitative estimate of drug-likeness (QED) is 0.476. The molecule has 0 N–H and O–H groups in total. The highest BCUT2D eigenvalue weighted by molar-refractivity contribution is 8.26. The maximum Gasteiger partial charge on any atom is 0.267 e. The Morgan fingerprint density at radius 2 is 1.74 bits per heavy atom. The maximum absolute atomic E-state index is 13.4. The molecule has 6 nitrogen and oxygen atoms in total. The molecule has 0 radical (unpaired) electrons. The number of anilines is 1. The van der Waals surface area contributed by atoms with Gasteiger partial charge in [-0.3, -0.25) is 14.5 Å². The third-order valence-corrected chi connectivity index (χ3v) is 6.72. The lowest BCUT2D eigenvalue weighted by Gasteiger charge is -2.17. The lowest BCUT2D eigenvalue weighted by atomic mass is 10.1. The standard InChI is InChI=1S/C22H17ClN2O4S2/c23-14-9-7-13(8-10-14)12-25-16-5-2-1-4-15(16)18(20(25)28)19-21(29)24(22(30)31-19)11-3-6-17(26)27/h1-2,4-5,7-10H,3,6,11-12H2,(H,26,27)/p-1/b19-18-. The van der Waals surface area contributed by atoms with Crippen molar-refractivity contribution in [3.8, 4) is 0 Å². The highest BCUT2D eigenvalue weighted by atomic mass is 35.5. The van der Waals surface area contributed by atoms with Gasteiger partial charge in [-0.2, -0.15) is 0 Å². The summed E-state index contributed by atoms with van der Waals surface area (Å²) in [5.74, 6) is -1.83. The van der Waals surface area contributed by atoms with Crippen molar-refractivity contribution in [2.75, 3.05) is 11.4 Å². The SMILES string of the molecule is O=C([O-])CCCN1C(=O)/C(=C2/C(=O)N(Cc3ccc(Cl)cc3)c3ccccc32)SC1=S. The van der Waals surface area contributed by atoms with Crippen LogP contribution in [-0.4, -0.2) is 33.5 Å². The van der Waals surface area contributed by atoms with Crippen molar-refractivity contribution in [2.45, 2.75) is 19.4 Å². The Hall–Kier alpha value is -2.68. The minimum atomic E-state index is -1.18. The zero-order valence-corrected chi connectivity index (χ0v) is 18.6. The number of para-hydroxylation sites is 1. The monoisotopic (exact) mass is 471 g/mol. The molecule has 4 rings (SSSR count). The highest BCUT2D eigenvalue weighted by Crippen LogP contribution is 2.45. The molecule has 2 aliphatic heterocycles. The normalized spacial score (nSPS) is 18.2. The van der Waals surface area contributed by atoms with Crippen molar-refractivity contribution >= 4 is 68.9 Å². The van der Waals surface area contributed by atoms with Gasteiger partial charge < -0.3 is 14.8 Å². The van der Waals surface area contributed by atoms with Gasteiger partial charge in [0.05, 0.1) is 22.7 Å². The number of nitrogens with zero attached hydrogens (tertiary/aromatic N) is 2. The molecule has 2 aromatic carbocycles. The van der Waals surface area contributed by atoms with Crippen LogP contribution in [0.4, 0.5) is 5.69 Å². The first-order valence-corrected chi connectivity index (χ1v) is 11.1. The smallest absolute Gasteiger partial charge is 0.267 e. The fourth-order valence-corrected chi connectivity index (χ4v) is 5.06. The zero-order chi connectivity index (χ0) is 22.1. The largest absolute Gasteiger partial charge is 0.550 e. The number of aliphatic carboxylic acids is 1. The summed E-state index contributed by atoms with van der Waals surface area (Å²) in [6, 6.07) is 14.6. The Bertz CT molecular complexity index is 1130. The number of rotatable bonds is 6. The van der Waals surface area contributed by atoms with Gasteiger partial charge in [0, 0.05) is 23.1 Å². The van der Waals surface area contributed by atoms with Crippen LogP contribution in [0.1, 0.15) is 24.0 Å². The van der Waals surface area contributed by atoms with E-state index < -0.39 is 5.97 Å². The predicted molar refractivity (Wildman–Crippen MR) is 122 cm³/mol. The molecular formula is C22H16ClN2O4S2-. The number of carboxylic acid groups (broad SMARTS) is 1. The molecule has 0 aromatic heterocycles. The minimum absolute atomic E-state index is 0.166. The number of carbonyl (C=O) groups excluding carboxylic acids is 3. The van der Waals surface area contributed by atoms with Crippen LogP contribution in [0.25, 0.3) is 5.57 Å². The van der Waals surface area contributed by atoms with E-state index in [0.717, 1.165) is 23.0 Å². The molecule has 2 heterocycles. The first kappa shape index (κ1) is 21.5. The number of amides is 2. The van der Waals surface area contributed by atoms with Crippen molar-refractivity contribution in [2.24, 2.45) is 0 Å². The summed E-state index contributed by atoms with van der Waals surface area (Å²) in [5.41, 5.74) is 2.63. The summed E-state index contributed by atoms with van der Waals surface area (Å²) in [4.78, 5) is 40.4. The van der Waals surface area contributed by atoms with E-state index in [2.05, 4.69) is 0 Å². The second-order valence-corrected chi connectivity index (χ2v) is 9.12. The van der Waals surface area contributed by atoms with Crippen LogP contribution in [0.5, 0.6) is 0 Å². The third kappa shape index (κ3) is 4.23. The fourth-order valence-electron chi connectivity index (χ4n) is 3.55. The Balaban J connectivity index is 1.67. The van der Waals surface area contributed by atoms with Crippen molar-refractivity contribution in [3.63, 3.8) is 0 Å². The zero-order valence-electron chi connectivity index (χ0n) is 16.2. The van der Waals surface area contributed by atoms with Gasteiger partial charge in [-0.05, 0) is 36.6 Å². The van der Waals surface area contributed by atoms with Crippen LogP contribution in [0, 0.1) is 0 Å². The van der Waals surface area contributed by atoms with Crippen molar-refractivity contribution < 1.29 is 19.5 Å². The van der Waals surface area contributed by atoms with Crippen LogP contribution < -0.4 is 10.0 Å². The van der Waals surface area contributed by atoms with E-state index in [0.29, 0.717) is 27.0 Å². The molecule has 9 heteroatoms. The number of fused-ring (bicyclic) bond motifs is 1. The van der Waals surface area contributed by atoms with E-state index >= 15 is 0 Å².